The molecule has 0 saturated heterocycles. The molecule has 0 fully saturated rings. The number of ether oxygens (including phenoxy) is 1. The predicted octanol–water partition coefficient (Wildman–Crippen LogP) is 3.01. The summed E-state index contributed by atoms with van der Waals surface area (Å²) in [6.45, 7) is 8.40. The van der Waals surface area contributed by atoms with Crippen LogP contribution in [0.3, 0.4) is 0 Å². The number of hydrogen-bond donors (Lipinski definition) is 2. The smallest absolute Gasteiger partial charge is 0.248 e. The molecule has 0 spiro atoms. The molecular formula is C18H27N5O2S. The highest BCUT2D eigenvalue weighted by Gasteiger charge is 2.13. The summed E-state index contributed by atoms with van der Waals surface area (Å²) in [6.07, 6.45) is -0.178. The van der Waals surface area contributed by atoms with Gasteiger partial charge in [-0.15, -0.1) is 11.8 Å². The van der Waals surface area contributed by atoms with Crippen LogP contribution in [0.4, 0.5) is 0 Å². The molecule has 1 atom stereocenters. The number of hydrogen-bond acceptors (Lipinski definition) is 6. The van der Waals surface area contributed by atoms with Gasteiger partial charge in [-0.2, -0.15) is 4.98 Å². The zero-order valence-corrected chi connectivity index (χ0v) is 16.4. The molecule has 0 bridgehead atoms. The van der Waals surface area contributed by atoms with E-state index in [9.17, 15) is 0 Å². The van der Waals surface area contributed by atoms with Gasteiger partial charge in [-0.25, -0.2) is 4.99 Å². The molecule has 1 aromatic heterocycles. The number of guanidine groups is 1. The average molecular weight is 378 g/mol. The molecule has 0 aliphatic carbocycles. The first kappa shape index (κ1) is 20.3. The van der Waals surface area contributed by atoms with Crippen molar-refractivity contribution in [2.75, 3.05) is 25.4 Å². The van der Waals surface area contributed by atoms with E-state index in [1.807, 2.05) is 39.0 Å². The molecule has 1 aromatic carbocycles. The molecule has 0 aliphatic rings. The van der Waals surface area contributed by atoms with E-state index in [1.54, 1.807) is 11.8 Å². The fourth-order valence-corrected chi connectivity index (χ4v) is 2.95. The second kappa shape index (κ2) is 11.5. The fourth-order valence-electron chi connectivity index (χ4n) is 2.17. The van der Waals surface area contributed by atoms with E-state index in [2.05, 4.69) is 37.9 Å². The minimum atomic E-state index is -0.178. The summed E-state index contributed by atoms with van der Waals surface area (Å²) in [7, 11) is 0. The van der Waals surface area contributed by atoms with Crippen LogP contribution in [-0.4, -0.2) is 41.5 Å². The lowest BCUT2D eigenvalue weighted by Crippen LogP contribution is -2.38. The van der Waals surface area contributed by atoms with E-state index >= 15 is 0 Å². The van der Waals surface area contributed by atoms with Crippen molar-refractivity contribution in [1.29, 1.82) is 0 Å². The Labute approximate surface area is 159 Å². The van der Waals surface area contributed by atoms with E-state index < -0.39 is 0 Å². The molecule has 142 valence electrons. The molecule has 26 heavy (non-hydrogen) atoms. The number of rotatable bonds is 10. The van der Waals surface area contributed by atoms with Crippen molar-refractivity contribution in [1.82, 2.24) is 20.8 Å². The molecule has 1 heterocycles. The lowest BCUT2D eigenvalue weighted by molar-refractivity contribution is 0.0683. The van der Waals surface area contributed by atoms with Gasteiger partial charge in [0, 0.05) is 30.3 Å². The predicted molar refractivity (Wildman–Crippen MR) is 104 cm³/mol. The lowest BCUT2D eigenvalue weighted by Gasteiger charge is -2.10. The van der Waals surface area contributed by atoms with Gasteiger partial charge in [-0.1, -0.05) is 23.4 Å². The minimum Gasteiger partial charge on any atom is -0.371 e. The first-order valence-electron chi connectivity index (χ1n) is 8.87. The standard InChI is InChI=1S/C18H27N5O2S/c1-4-19-18(20-11-12-26-15-9-7-6-8-10-15)21-13-16-22-17(23-25-16)14(3)24-5-2/h6-10,14H,4-5,11-13H2,1-3H3,(H2,19,20,21). The van der Waals surface area contributed by atoms with Crippen molar-refractivity contribution in [2.45, 2.75) is 38.3 Å². The SMILES string of the molecule is CCNC(=NCc1nc(C(C)OCC)no1)NCCSc1ccccc1. The third-order valence-corrected chi connectivity index (χ3v) is 4.40. The number of nitrogens with one attached hydrogen (secondary N) is 2. The van der Waals surface area contributed by atoms with E-state index in [1.165, 1.54) is 4.90 Å². The fraction of sp³-hybridized carbons (Fsp3) is 0.500. The molecule has 0 amide bonds. The monoisotopic (exact) mass is 377 g/mol. The van der Waals surface area contributed by atoms with Gasteiger partial charge in [0.05, 0.1) is 0 Å². The molecule has 7 nitrogen and oxygen atoms in total. The lowest BCUT2D eigenvalue weighted by atomic mass is 10.4. The maximum Gasteiger partial charge on any atom is 0.248 e. The van der Waals surface area contributed by atoms with Crippen LogP contribution in [0.1, 0.15) is 38.6 Å². The molecule has 0 radical (unpaired) electrons. The van der Waals surface area contributed by atoms with Crippen molar-refractivity contribution in [2.24, 2.45) is 4.99 Å². The third-order valence-electron chi connectivity index (χ3n) is 3.39. The van der Waals surface area contributed by atoms with Crippen LogP contribution < -0.4 is 10.6 Å². The molecule has 0 saturated carbocycles. The highest BCUT2D eigenvalue weighted by Crippen LogP contribution is 2.15. The molecule has 0 aliphatic heterocycles. The summed E-state index contributed by atoms with van der Waals surface area (Å²) in [4.78, 5) is 10.1. The summed E-state index contributed by atoms with van der Waals surface area (Å²) < 4.78 is 10.7. The Hall–Kier alpha value is -2.06. The minimum absolute atomic E-state index is 0.178. The first-order chi connectivity index (χ1) is 12.7. The van der Waals surface area contributed by atoms with E-state index in [0.717, 1.165) is 24.8 Å². The molecule has 2 rings (SSSR count). The summed E-state index contributed by atoms with van der Waals surface area (Å²) >= 11 is 1.81. The van der Waals surface area contributed by atoms with E-state index in [4.69, 9.17) is 9.26 Å². The van der Waals surface area contributed by atoms with Gasteiger partial charge >= 0.3 is 0 Å². The summed E-state index contributed by atoms with van der Waals surface area (Å²) in [5.74, 6) is 2.71. The average Bonchev–Trinajstić information content (AvgIpc) is 3.13. The maximum atomic E-state index is 5.46. The van der Waals surface area contributed by atoms with Crippen LogP contribution in [0.25, 0.3) is 0 Å². The summed E-state index contributed by atoms with van der Waals surface area (Å²) in [6, 6.07) is 10.3. The van der Waals surface area contributed by atoms with Crippen molar-refractivity contribution in [3.63, 3.8) is 0 Å². The first-order valence-corrected chi connectivity index (χ1v) is 9.85. The molecule has 8 heteroatoms. The van der Waals surface area contributed by atoms with E-state index in [0.29, 0.717) is 24.9 Å². The Morgan fingerprint density at radius 1 is 1.27 bits per heavy atom. The number of benzene rings is 1. The third kappa shape index (κ3) is 7.05. The molecule has 2 N–H and O–H groups in total. The Balaban J connectivity index is 1.80. The van der Waals surface area contributed by atoms with Crippen LogP contribution in [0.5, 0.6) is 0 Å². The van der Waals surface area contributed by atoms with Crippen LogP contribution >= 0.6 is 11.8 Å². The Morgan fingerprint density at radius 2 is 2.08 bits per heavy atom. The molecular weight excluding hydrogens is 350 g/mol. The van der Waals surface area contributed by atoms with Crippen molar-refractivity contribution >= 4 is 17.7 Å². The van der Waals surface area contributed by atoms with Gasteiger partial charge in [-0.3, -0.25) is 0 Å². The number of thioether (sulfide) groups is 1. The van der Waals surface area contributed by atoms with E-state index in [-0.39, 0.29) is 6.10 Å². The summed E-state index contributed by atoms with van der Waals surface area (Å²) in [5.41, 5.74) is 0. The van der Waals surface area contributed by atoms with Gasteiger partial charge in [-0.05, 0) is 32.9 Å². The quantitative estimate of drug-likeness (QED) is 0.285. The van der Waals surface area contributed by atoms with Gasteiger partial charge in [0.2, 0.25) is 5.89 Å². The number of aliphatic imine (C=N–C) groups is 1. The Bertz CT molecular complexity index is 663. The van der Waals surface area contributed by atoms with Crippen LogP contribution in [0, 0.1) is 0 Å². The number of nitrogens with zero attached hydrogens (tertiary/aromatic N) is 3. The highest BCUT2D eigenvalue weighted by molar-refractivity contribution is 7.99. The molecule has 2 aromatic rings. The van der Waals surface area contributed by atoms with Crippen molar-refractivity contribution in [3.05, 3.63) is 42.0 Å². The highest BCUT2D eigenvalue weighted by atomic mass is 32.2. The van der Waals surface area contributed by atoms with Crippen molar-refractivity contribution in [3.8, 4) is 0 Å². The maximum absolute atomic E-state index is 5.46. The van der Waals surface area contributed by atoms with Gasteiger partial charge in [0.15, 0.2) is 11.8 Å². The zero-order chi connectivity index (χ0) is 18.6. The van der Waals surface area contributed by atoms with Crippen LogP contribution in [0.2, 0.25) is 0 Å². The van der Waals surface area contributed by atoms with Crippen LogP contribution in [0.15, 0.2) is 44.7 Å². The normalized spacial score (nSPS) is 12.8. The molecule has 1 unspecified atom stereocenters. The largest absolute Gasteiger partial charge is 0.371 e. The number of aromatic nitrogens is 2. The van der Waals surface area contributed by atoms with Gasteiger partial charge in [0.1, 0.15) is 12.6 Å². The van der Waals surface area contributed by atoms with Gasteiger partial charge < -0.3 is 19.9 Å². The summed E-state index contributed by atoms with van der Waals surface area (Å²) in [5, 5.41) is 10.5. The second-order valence-electron chi connectivity index (χ2n) is 5.43. The Kier molecular flexibility index (Phi) is 8.99. The van der Waals surface area contributed by atoms with Crippen molar-refractivity contribution < 1.29 is 9.26 Å². The Morgan fingerprint density at radius 3 is 2.81 bits per heavy atom. The van der Waals surface area contributed by atoms with Gasteiger partial charge in [0.25, 0.3) is 0 Å². The topological polar surface area (TPSA) is 84.6 Å². The second-order valence-corrected chi connectivity index (χ2v) is 6.60. The van der Waals surface area contributed by atoms with Crippen LogP contribution in [-0.2, 0) is 11.3 Å². The zero-order valence-electron chi connectivity index (χ0n) is 15.6.